The van der Waals surface area contributed by atoms with Gasteiger partial charge in [-0.1, -0.05) is 49.4 Å². The van der Waals surface area contributed by atoms with Crippen molar-refractivity contribution in [3.63, 3.8) is 0 Å². The maximum Gasteiger partial charge on any atom is 0.312 e. The van der Waals surface area contributed by atoms with Crippen LogP contribution in [-0.4, -0.2) is 83.9 Å². The number of fused-ring (bicyclic) bond motifs is 1. The van der Waals surface area contributed by atoms with Gasteiger partial charge >= 0.3 is 5.97 Å². The zero-order valence-electron chi connectivity index (χ0n) is 28.1. The predicted molar refractivity (Wildman–Crippen MR) is 183 cm³/mol. The number of hydrogen-bond donors (Lipinski definition) is 1. The molecule has 2 bridgehead atoms. The standard InChI is InChI=1S/C38H49N3O6/c1-7-11-22-46-36(45)32-31-34(43)41(30(25-42)23-27-15-13-12-14-16-27)33(38(31)24-26(5)37(32,6)47-38)35(44)40(21-8-2)29-19-17-28(18-20-29)39(9-3)10-4/h7-8,12-20,26,30-33,42H,1-2,9-11,21-25H2,3-6H3/t26?,30-,31+,32-,33?,37+,38?/m1/s1. The lowest BCUT2D eigenvalue weighted by Crippen LogP contribution is -2.59. The van der Waals surface area contributed by atoms with E-state index >= 15 is 4.79 Å². The van der Waals surface area contributed by atoms with Crippen LogP contribution in [0.5, 0.6) is 0 Å². The number of carbonyl (C=O) groups is 3. The molecule has 252 valence electrons. The van der Waals surface area contributed by atoms with Gasteiger partial charge in [0.2, 0.25) is 5.91 Å². The molecule has 9 nitrogen and oxygen atoms in total. The van der Waals surface area contributed by atoms with Gasteiger partial charge in [0.05, 0.1) is 30.8 Å². The molecule has 0 aliphatic carbocycles. The number of nitrogens with zero attached hydrogens (tertiary/aromatic N) is 3. The van der Waals surface area contributed by atoms with Crippen molar-refractivity contribution in [2.45, 2.75) is 70.2 Å². The molecule has 0 aromatic heterocycles. The number of carbonyl (C=O) groups excluding carboxylic acids is 3. The van der Waals surface area contributed by atoms with Gasteiger partial charge in [-0.05, 0) is 75.8 Å². The number of rotatable bonds is 15. The van der Waals surface area contributed by atoms with Crippen molar-refractivity contribution in [3.8, 4) is 0 Å². The minimum Gasteiger partial charge on any atom is -0.465 e. The molecule has 2 aromatic rings. The maximum atomic E-state index is 15.1. The van der Waals surface area contributed by atoms with Crippen molar-refractivity contribution in [3.05, 3.63) is 85.5 Å². The van der Waals surface area contributed by atoms with E-state index in [1.165, 1.54) is 4.90 Å². The number of aliphatic hydroxyl groups excluding tert-OH is 1. The summed E-state index contributed by atoms with van der Waals surface area (Å²) in [6.45, 7) is 17.4. The molecule has 3 fully saturated rings. The first-order chi connectivity index (χ1) is 22.6. The van der Waals surface area contributed by atoms with E-state index in [1.54, 1.807) is 17.1 Å². The number of anilines is 2. The molecule has 3 heterocycles. The lowest BCUT2D eigenvalue weighted by Gasteiger charge is -2.39. The second-order valence-electron chi connectivity index (χ2n) is 13.1. The highest BCUT2D eigenvalue weighted by atomic mass is 16.6. The summed E-state index contributed by atoms with van der Waals surface area (Å²) in [6, 6.07) is 15.6. The Morgan fingerprint density at radius 2 is 1.74 bits per heavy atom. The van der Waals surface area contributed by atoms with Crippen molar-refractivity contribution in [1.29, 1.82) is 0 Å². The molecule has 0 radical (unpaired) electrons. The Morgan fingerprint density at radius 1 is 1.09 bits per heavy atom. The molecule has 1 spiro atoms. The minimum absolute atomic E-state index is 0.137. The summed E-state index contributed by atoms with van der Waals surface area (Å²) in [4.78, 5) is 49.1. The normalized spacial score (nSPS) is 28.1. The summed E-state index contributed by atoms with van der Waals surface area (Å²) < 4.78 is 12.6. The van der Waals surface area contributed by atoms with Gasteiger partial charge < -0.3 is 29.3 Å². The van der Waals surface area contributed by atoms with E-state index in [2.05, 4.69) is 31.9 Å². The Bertz CT molecular complexity index is 1460. The number of likely N-dealkylation sites (tertiary alicyclic amines) is 1. The molecular weight excluding hydrogens is 594 g/mol. The number of hydrogen-bond acceptors (Lipinski definition) is 7. The van der Waals surface area contributed by atoms with Crippen LogP contribution in [0.15, 0.2) is 79.9 Å². The molecule has 3 unspecified atom stereocenters. The number of ether oxygens (including phenoxy) is 2. The fraction of sp³-hybridized carbons (Fsp3) is 0.500. The summed E-state index contributed by atoms with van der Waals surface area (Å²) in [5, 5.41) is 10.8. The van der Waals surface area contributed by atoms with Gasteiger partial charge in [0, 0.05) is 31.0 Å². The summed E-state index contributed by atoms with van der Waals surface area (Å²) >= 11 is 0. The molecule has 1 N–H and O–H groups in total. The molecule has 2 amide bonds. The molecule has 7 atom stereocenters. The van der Waals surface area contributed by atoms with Crippen LogP contribution < -0.4 is 9.80 Å². The molecule has 9 heteroatoms. The molecule has 5 rings (SSSR count). The third kappa shape index (κ3) is 5.89. The Balaban J connectivity index is 1.61. The minimum atomic E-state index is -1.28. The number of esters is 1. The van der Waals surface area contributed by atoms with Crippen LogP contribution >= 0.6 is 0 Å². The van der Waals surface area contributed by atoms with Gasteiger partial charge in [0.25, 0.3) is 5.91 Å². The van der Waals surface area contributed by atoms with E-state index in [4.69, 9.17) is 9.47 Å². The van der Waals surface area contributed by atoms with Crippen molar-refractivity contribution in [2.75, 3.05) is 42.6 Å². The van der Waals surface area contributed by atoms with Crippen LogP contribution in [0.1, 0.15) is 46.1 Å². The largest absolute Gasteiger partial charge is 0.465 e. The van der Waals surface area contributed by atoms with Gasteiger partial charge in [-0.3, -0.25) is 14.4 Å². The van der Waals surface area contributed by atoms with Crippen LogP contribution in [0.4, 0.5) is 11.4 Å². The number of benzene rings is 2. The first-order valence-corrected chi connectivity index (χ1v) is 16.8. The quantitative estimate of drug-likeness (QED) is 0.169. The third-order valence-electron chi connectivity index (χ3n) is 10.6. The second-order valence-corrected chi connectivity index (χ2v) is 13.1. The summed E-state index contributed by atoms with van der Waals surface area (Å²) in [5.41, 5.74) is 0.338. The first kappa shape index (κ1) is 34.4. The smallest absolute Gasteiger partial charge is 0.312 e. The molecule has 3 aliphatic heterocycles. The lowest BCUT2D eigenvalue weighted by atomic mass is 9.62. The Morgan fingerprint density at radius 3 is 2.34 bits per heavy atom. The number of amides is 2. The molecule has 2 aromatic carbocycles. The van der Waals surface area contributed by atoms with E-state index < -0.39 is 41.1 Å². The summed E-state index contributed by atoms with van der Waals surface area (Å²) in [5.74, 6) is -3.18. The van der Waals surface area contributed by atoms with Gasteiger partial charge in [-0.15, -0.1) is 13.2 Å². The van der Waals surface area contributed by atoms with Crippen LogP contribution in [0.3, 0.4) is 0 Å². The van der Waals surface area contributed by atoms with Crippen LogP contribution in [0.25, 0.3) is 0 Å². The van der Waals surface area contributed by atoms with E-state index in [9.17, 15) is 14.7 Å². The molecule has 3 aliphatic rings. The fourth-order valence-electron chi connectivity index (χ4n) is 8.21. The van der Waals surface area contributed by atoms with Gasteiger partial charge in [-0.25, -0.2) is 0 Å². The van der Waals surface area contributed by atoms with Crippen LogP contribution in [0, 0.1) is 17.8 Å². The van der Waals surface area contributed by atoms with Crippen molar-refractivity contribution >= 4 is 29.2 Å². The van der Waals surface area contributed by atoms with E-state index in [0.717, 1.165) is 24.3 Å². The van der Waals surface area contributed by atoms with Gasteiger partial charge in [-0.2, -0.15) is 0 Å². The third-order valence-corrected chi connectivity index (χ3v) is 10.6. The van der Waals surface area contributed by atoms with E-state index in [1.807, 2.05) is 68.4 Å². The summed E-state index contributed by atoms with van der Waals surface area (Å²) in [6.07, 6.45) is 4.56. The average molecular weight is 644 g/mol. The summed E-state index contributed by atoms with van der Waals surface area (Å²) in [7, 11) is 0. The van der Waals surface area contributed by atoms with Gasteiger partial charge in [0.1, 0.15) is 17.6 Å². The lowest BCUT2D eigenvalue weighted by molar-refractivity contribution is -0.162. The highest BCUT2D eigenvalue weighted by Crippen LogP contribution is 2.65. The predicted octanol–water partition coefficient (Wildman–Crippen LogP) is 4.79. The topological polar surface area (TPSA) is 99.6 Å². The Labute approximate surface area is 278 Å². The maximum absolute atomic E-state index is 15.1. The van der Waals surface area contributed by atoms with Crippen molar-refractivity contribution in [2.24, 2.45) is 17.8 Å². The monoisotopic (exact) mass is 643 g/mol. The van der Waals surface area contributed by atoms with Crippen LogP contribution in [-0.2, 0) is 30.3 Å². The zero-order valence-corrected chi connectivity index (χ0v) is 28.1. The number of aliphatic hydroxyl groups is 1. The van der Waals surface area contributed by atoms with E-state index in [0.29, 0.717) is 24.9 Å². The molecule has 47 heavy (non-hydrogen) atoms. The Kier molecular flexibility index (Phi) is 10.3. The van der Waals surface area contributed by atoms with E-state index in [-0.39, 0.29) is 37.5 Å². The molecule has 0 saturated carbocycles. The second kappa shape index (κ2) is 14.0. The molecular formula is C38H49N3O6. The first-order valence-electron chi connectivity index (χ1n) is 16.8. The Hall–Kier alpha value is -3.95. The molecule has 3 saturated heterocycles. The average Bonchev–Trinajstić information content (AvgIpc) is 3.60. The van der Waals surface area contributed by atoms with Crippen LogP contribution in [0.2, 0.25) is 0 Å². The fourth-order valence-corrected chi connectivity index (χ4v) is 8.21. The highest BCUT2D eigenvalue weighted by Gasteiger charge is 2.80. The SMILES string of the molecule is C=CCCOC(=O)[C@H]1[C@H]2C(=O)N([C@@H](CO)Cc3ccccc3)C(C(=O)N(CC=C)c3ccc(N(CC)CC)cc3)C23CC(C)[C@]1(C)O3. The van der Waals surface area contributed by atoms with Crippen molar-refractivity contribution < 1.29 is 29.0 Å². The highest BCUT2D eigenvalue weighted by molar-refractivity contribution is 6.05. The van der Waals surface area contributed by atoms with Crippen molar-refractivity contribution in [1.82, 2.24) is 4.90 Å². The van der Waals surface area contributed by atoms with Gasteiger partial charge in [0.15, 0.2) is 0 Å². The zero-order chi connectivity index (χ0) is 33.9.